The van der Waals surface area contributed by atoms with Gasteiger partial charge in [0.15, 0.2) is 24.8 Å². The van der Waals surface area contributed by atoms with Gasteiger partial charge in [-0.2, -0.15) is 0 Å². The highest BCUT2D eigenvalue weighted by atomic mass is 35.5. The van der Waals surface area contributed by atoms with Crippen LogP contribution in [0.2, 0.25) is 10.0 Å². The van der Waals surface area contributed by atoms with E-state index in [1.807, 2.05) is 0 Å². The minimum absolute atomic E-state index is 0.523. The first-order valence-corrected chi connectivity index (χ1v) is 11.2. The molecule has 2 rings (SSSR count). The molecule has 0 aliphatic rings. The SMILES string of the molecule is O=S(=O)(/C=C\c1ccc(Cl)cc1)CS(=O)(=O)/C=C/c1ccc(Cl)cc1. The summed E-state index contributed by atoms with van der Waals surface area (Å²) in [5, 5.41) is 1.80. The Morgan fingerprint density at radius 3 is 1.28 bits per heavy atom. The second-order valence-corrected chi connectivity index (χ2v) is 10.2. The Morgan fingerprint density at radius 1 is 0.640 bits per heavy atom. The molecule has 4 nitrogen and oxygen atoms in total. The van der Waals surface area contributed by atoms with Crippen molar-refractivity contribution in [1.82, 2.24) is 0 Å². The van der Waals surface area contributed by atoms with Gasteiger partial charge in [-0.05, 0) is 47.5 Å². The molecule has 0 amide bonds. The molecule has 0 fully saturated rings. The maximum atomic E-state index is 12.0. The zero-order chi connectivity index (χ0) is 18.5. The number of hydrogen-bond donors (Lipinski definition) is 0. The second-order valence-electron chi connectivity index (χ2n) is 5.15. The van der Waals surface area contributed by atoms with Gasteiger partial charge in [0.25, 0.3) is 0 Å². The van der Waals surface area contributed by atoms with E-state index in [9.17, 15) is 16.8 Å². The van der Waals surface area contributed by atoms with Crippen molar-refractivity contribution in [2.75, 3.05) is 5.08 Å². The quantitative estimate of drug-likeness (QED) is 0.698. The van der Waals surface area contributed by atoms with E-state index >= 15 is 0 Å². The number of benzene rings is 2. The summed E-state index contributed by atoms with van der Waals surface area (Å²) in [5.74, 6) is 0. The average Bonchev–Trinajstić information content (AvgIpc) is 2.53. The van der Waals surface area contributed by atoms with Crippen LogP contribution in [0, 0.1) is 0 Å². The molecule has 0 aliphatic heterocycles. The molecule has 2 aromatic rings. The van der Waals surface area contributed by atoms with Gasteiger partial charge in [-0.15, -0.1) is 0 Å². The number of rotatable bonds is 6. The van der Waals surface area contributed by atoms with E-state index in [0.717, 1.165) is 10.8 Å². The van der Waals surface area contributed by atoms with Crippen LogP contribution in [0.1, 0.15) is 11.1 Å². The maximum absolute atomic E-state index is 12.0. The second kappa shape index (κ2) is 8.19. The lowest BCUT2D eigenvalue weighted by Crippen LogP contribution is -2.11. The van der Waals surface area contributed by atoms with E-state index in [1.165, 1.54) is 12.2 Å². The molecule has 0 radical (unpaired) electrons. The third-order valence-electron chi connectivity index (χ3n) is 3.00. The van der Waals surface area contributed by atoms with Gasteiger partial charge in [-0.25, -0.2) is 16.8 Å². The molecule has 2 aromatic carbocycles. The lowest BCUT2D eigenvalue weighted by atomic mass is 10.2. The molecule has 132 valence electrons. The van der Waals surface area contributed by atoms with Crippen LogP contribution in [-0.4, -0.2) is 21.9 Å². The van der Waals surface area contributed by atoms with E-state index in [2.05, 4.69) is 0 Å². The van der Waals surface area contributed by atoms with Crippen LogP contribution >= 0.6 is 23.2 Å². The first kappa shape index (κ1) is 19.7. The molecular weight excluding hydrogens is 403 g/mol. The average molecular weight is 417 g/mol. The predicted molar refractivity (Wildman–Crippen MR) is 104 cm³/mol. The molecule has 0 saturated heterocycles. The summed E-state index contributed by atoms with van der Waals surface area (Å²) >= 11 is 11.5. The lowest BCUT2D eigenvalue weighted by molar-refractivity contribution is 0.598. The van der Waals surface area contributed by atoms with Crippen molar-refractivity contribution in [3.63, 3.8) is 0 Å². The summed E-state index contributed by atoms with van der Waals surface area (Å²) in [6.45, 7) is 0. The standard InChI is InChI=1S/C17H14Cl2O4S2/c18-16-5-1-14(2-6-16)9-11-24(20,21)13-25(22,23)12-10-15-3-7-17(19)8-4-15/h1-12H,13H2/b11-9-,12-10+. The fourth-order valence-electron chi connectivity index (χ4n) is 1.82. The van der Waals surface area contributed by atoms with Crippen LogP contribution in [0.4, 0.5) is 0 Å². The molecule has 0 aromatic heterocycles. The van der Waals surface area contributed by atoms with E-state index in [-0.39, 0.29) is 0 Å². The fourth-order valence-corrected chi connectivity index (χ4v) is 5.26. The molecule has 0 bridgehead atoms. The highest BCUT2D eigenvalue weighted by Gasteiger charge is 2.17. The van der Waals surface area contributed by atoms with Crippen LogP contribution < -0.4 is 0 Å². The predicted octanol–water partition coefficient (Wildman–Crippen LogP) is 4.42. The lowest BCUT2D eigenvalue weighted by Gasteiger charge is -1.99. The van der Waals surface area contributed by atoms with Crippen LogP contribution in [0.15, 0.2) is 59.3 Å². The van der Waals surface area contributed by atoms with Crippen LogP contribution in [0.25, 0.3) is 12.2 Å². The summed E-state index contributed by atoms with van der Waals surface area (Å²) in [5.41, 5.74) is 1.20. The largest absolute Gasteiger partial charge is 0.223 e. The van der Waals surface area contributed by atoms with Gasteiger partial charge in [-0.1, -0.05) is 47.5 Å². The van der Waals surface area contributed by atoms with Crippen LogP contribution in [0.3, 0.4) is 0 Å². The Labute approximate surface area is 157 Å². The normalized spacial score (nSPS) is 12.9. The third kappa shape index (κ3) is 7.04. The first-order valence-electron chi connectivity index (χ1n) is 6.98. The Balaban J connectivity index is 2.09. The van der Waals surface area contributed by atoms with E-state index < -0.39 is 24.8 Å². The van der Waals surface area contributed by atoms with Crippen molar-refractivity contribution in [2.24, 2.45) is 0 Å². The topological polar surface area (TPSA) is 68.3 Å². The van der Waals surface area contributed by atoms with E-state index in [0.29, 0.717) is 21.2 Å². The monoisotopic (exact) mass is 416 g/mol. The van der Waals surface area contributed by atoms with Gasteiger partial charge in [0.2, 0.25) is 0 Å². The molecule has 0 N–H and O–H groups in total. The summed E-state index contributed by atoms with van der Waals surface area (Å²) in [7, 11) is -7.87. The number of halogens is 2. The smallest absolute Gasteiger partial charge is 0.186 e. The summed E-state index contributed by atoms with van der Waals surface area (Å²) < 4.78 is 48.0. The Bertz CT molecular complexity index is 906. The molecule has 0 unspecified atom stereocenters. The van der Waals surface area contributed by atoms with Crippen molar-refractivity contribution in [3.8, 4) is 0 Å². The number of hydrogen-bond acceptors (Lipinski definition) is 4. The summed E-state index contributed by atoms with van der Waals surface area (Å²) in [6.07, 6.45) is 2.65. The van der Waals surface area contributed by atoms with E-state index in [4.69, 9.17) is 23.2 Å². The molecular formula is C17H14Cl2O4S2. The van der Waals surface area contributed by atoms with Gasteiger partial charge in [-0.3, -0.25) is 0 Å². The summed E-state index contributed by atoms with van der Waals surface area (Å²) in [6, 6.07) is 13.0. The van der Waals surface area contributed by atoms with Crippen molar-refractivity contribution in [3.05, 3.63) is 80.5 Å². The van der Waals surface area contributed by atoms with Gasteiger partial charge >= 0.3 is 0 Å². The zero-order valence-electron chi connectivity index (χ0n) is 12.8. The maximum Gasteiger partial charge on any atom is 0.186 e. The van der Waals surface area contributed by atoms with Crippen molar-refractivity contribution in [1.29, 1.82) is 0 Å². The van der Waals surface area contributed by atoms with Gasteiger partial charge in [0.05, 0.1) is 0 Å². The van der Waals surface area contributed by atoms with Gasteiger partial charge < -0.3 is 0 Å². The first-order chi connectivity index (χ1) is 11.7. The minimum atomic E-state index is -3.93. The minimum Gasteiger partial charge on any atom is -0.223 e. The van der Waals surface area contributed by atoms with Gasteiger partial charge in [0, 0.05) is 20.9 Å². The highest BCUT2D eigenvalue weighted by molar-refractivity contribution is 8.10. The Kier molecular flexibility index (Phi) is 6.46. The molecule has 0 saturated carbocycles. The number of sulfone groups is 2. The van der Waals surface area contributed by atoms with E-state index in [1.54, 1.807) is 48.5 Å². The third-order valence-corrected chi connectivity index (χ3v) is 7.24. The van der Waals surface area contributed by atoms with Crippen molar-refractivity contribution in [2.45, 2.75) is 0 Å². The Morgan fingerprint density at radius 2 is 0.960 bits per heavy atom. The van der Waals surface area contributed by atoms with Crippen LogP contribution in [-0.2, 0) is 19.7 Å². The van der Waals surface area contributed by atoms with Crippen molar-refractivity contribution >= 4 is 55.0 Å². The Hall–Kier alpha value is -1.60. The molecule has 0 aliphatic carbocycles. The van der Waals surface area contributed by atoms with Gasteiger partial charge in [0.1, 0.15) is 0 Å². The fraction of sp³-hybridized carbons (Fsp3) is 0.0588. The van der Waals surface area contributed by atoms with Crippen LogP contribution in [0.5, 0.6) is 0 Å². The highest BCUT2D eigenvalue weighted by Crippen LogP contribution is 2.14. The molecule has 0 spiro atoms. The molecule has 25 heavy (non-hydrogen) atoms. The molecule has 0 atom stereocenters. The van der Waals surface area contributed by atoms with Crippen molar-refractivity contribution < 1.29 is 16.8 Å². The summed E-state index contributed by atoms with van der Waals surface area (Å²) in [4.78, 5) is 0. The zero-order valence-corrected chi connectivity index (χ0v) is 16.0. The molecule has 8 heteroatoms. The molecule has 0 heterocycles.